The number of hydrogen-bond acceptors (Lipinski definition) is 3. The Morgan fingerprint density at radius 2 is 2.15 bits per heavy atom. The van der Waals surface area contributed by atoms with Gasteiger partial charge in [0.2, 0.25) is 0 Å². The zero-order valence-electron chi connectivity index (χ0n) is 11.5. The molecule has 104 valence electrons. The maximum atomic E-state index is 5.63. The van der Waals surface area contributed by atoms with Crippen molar-refractivity contribution in [2.45, 2.75) is 32.0 Å². The summed E-state index contributed by atoms with van der Waals surface area (Å²) in [6.45, 7) is 4.26. The van der Waals surface area contributed by atoms with Crippen molar-refractivity contribution in [1.29, 1.82) is 0 Å². The molecule has 1 N–H and O–H groups in total. The van der Waals surface area contributed by atoms with Crippen molar-refractivity contribution >= 4 is 17.3 Å². The van der Waals surface area contributed by atoms with Gasteiger partial charge >= 0.3 is 0 Å². The van der Waals surface area contributed by atoms with E-state index >= 15 is 0 Å². The molecule has 0 amide bonds. The summed E-state index contributed by atoms with van der Waals surface area (Å²) in [6, 6.07) is 10.2. The standard InChI is InChI=1S/C15H17N3OS/c1-10(2)18-14(12-7-5-9-19-12)13(17-15(18)20)11-6-3-4-8-16-11/h3-10,13-14H,1-2H3,(H,17,20)/t13-,14-/m1/s1. The second-order valence-corrected chi connectivity index (χ2v) is 5.53. The second-order valence-electron chi connectivity index (χ2n) is 5.14. The number of nitrogens with zero attached hydrogens (tertiary/aromatic N) is 2. The van der Waals surface area contributed by atoms with Crippen molar-refractivity contribution in [3.05, 3.63) is 54.2 Å². The Kier molecular flexibility index (Phi) is 3.44. The third-order valence-corrected chi connectivity index (χ3v) is 3.86. The molecule has 3 rings (SSSR count). The van der Waals surface area contributed by atoms with Crippen LogP contribution in [-0.4, -0.2) is 21.0 Å². The fourth-order valence-electron chi connectivity index (χ4n) is 2.69. The average molecular weight is 287 g/mol. The van der Waals surface area contributed by atoms with Crippen LogP contribution in [0.4, 0.5) is 0 Å². The molecule has 0 radical (unpaired) electrons. The van der Waals surface area contributed by atoms with Crippen LogP contribution in [0.5, 0.6) is 0 Å². The van der Waals surface area contributed by atoms with Gasteiger partial charge in [0.25, 0.3) is 0 Å². The van der Waals surface area contributed by atoms with Gasteiger partial charge in [-0.05, 0) is 50.3 Å². The van der Waals surface area contributed by atoms with E-state index in [1.54, 1.807) is 12.5 Å². The lowest BCUT2D eigenvalue weighted by molar-refractivity contribution is 0.236. The molecule has 20 heavy (non-hydrogen) atoms. The summed E-state index contributed by atoms with van der Waals surface area (Å²) in [6.07, 6.45) is 3.50. The zero-order chi connectivity index (χ0) is 14.1. The number of furan rings is 1. The van der Waals surface area contributed by atoms with Gasteiger partial charge in [0.15, 0.2) is 5.11 Å². The summed E-state index contributed by atoms with van der Waals surface area (Å²) in [7, 11) is 0. The average Bonchev–Trinajstić information content (AvgIpc) is 3.06. The predicted molar refractivity (Wildman–Crippen MR) is 81.1 cm³/mol. The molecule has 0 aromatic carbocycles. The Labute approximate surface area is 123 Å². The van der Waals surface area contributed by atoms with Gasteiger partial charge in [0.05, 0.1) is 18.0 Å². The molecule has 0 aliphatic carbocycles. The maximum absolute atomic E-state index is 5.63. The molecule has 4 nitrogen and oxygen atoms in total. The van der Waals surface area contributed by atoms with Gasteiger partial charge in [-0.3, -0.25) is 4.98 Å². The Hall–Kier alpha value is -1.88. The van der Waals surface area contributed by atoms with E-state index in [-0.39, 0.29) is 12.1 Å². The monoisotopic (exact) mass is 287 g/mol. The molecule has 0 unspecified atom stereocenters. The van der Waals surface area contributed by atoms with Crippen molar-refractivity contribution in [1.82, 2.24) is 15.2 Å². The van der Waals surface area contributed by atoms with Crippen LogP contribution in [0.15, 0.2) is 47.2 Å². The van der Waals surface area contributed by atoms with E-state index in [1.807, 2.05) is 30.3 Å². The van der Waals surface area contributed by atoms with E-state index in [0.29, 0.717) is 6.04 Å². The van der Waals surface area contributed by atoms with Crippen molar-refractivity contribution in [3.63, 3.8) is 0 Å². The molecule has 1 fully saturated rings. The van der Waals surface area contributed by atoms with Crippen LogP contribution in [0.25, 0.3) is 0 Å². The maximum Gasteiger partial charge on any atom is 0.170 e. The lowest BCUT2D eigenvalue weighted by Gasteiger charge is -2.29. The third-order valence-electron chi connectivity index (χ3n) is 3.53. The summed E-state index contributed by atoms with van der Waals surface area (Å²) in [4.78, 5) is 6.63. The van der Waals surface area contributed by atoms with Gasteiger partial charge in [-0.15, -0.1) is 0 Å². The van der Waals surface area contributed by atoms with E-state index in [4.69, 9.17) is 16.6 Å². The first-order valence-corrected chi connectivity index (χ1v) is 7.12. The molecular weight excluding hydrogens is 270 g/mol. The smallest absolute Gasteiger partial charge is 0.170 e. The van der Waals surface area contributed by atoms with Crippen LogP contribution >= 0.6 is 12.2 Å². The number of nitrogens with one attached hydrogen (secondary N) is 1. The highest BCUT2D eigenvalue weighted by Crippen LogP contribution is 2.39. The van der Waals surface area contributed by atoms with Gasteiger partial charge in [-0.2, -0.15) is 0 Å². The van der Waals surface area contributed by atoms with Crippen LogP contribution in [0.2, 0.25) is 0 Å². The normalized spacial score (nSPS) is 22.4. The van der Waals surface area contributed by atoms with E-state index in [2.05, 4.69) is 29.0 Å². The Morgan fingerprint density at radius 1 is 1.30 bits per heavy atom. The molecular formula is C15H17N3OS. The number of rotatable bonds is 3. The van der Waals surface area contributed by atoms with Crippen molar-refractivity contribution in [2.75, 3.05) is 0 Å². The van der Waals surface area contributed by atoms with Gasteiger partial charge in [-0.25, -0.2) is 0 Å². The van der Waals surface area contributed by atoms with Crippen LogP contribution in [0.3, 0.4) is 0 Å². The topological polar surface area (TPSA) is 41.3 Å². The Balaban J connectivity index is 2.03. The third kappa shape index (κ3) is 2.18. The highest BCUT2D eigenvalue weighted by atomic mass is 32.1. The van der Waals surface area contributed by atoms with Crippen LogP contribution < -0.4 is 5.32 Å². The van der Waals surface area contributed by atoms with E-state index in [1.165, 1.54) is 0 Å². The largest absolute Gasteiger partial charge is 0.467 e. The molecule has 2 aromatic rings. The van der Waals surface area contributed by atoms with Crippen molar-refractivity contribution in [3.8, 4) is 0 Å². The summed E-state index contributed by atoms with van der Waals surface area (Å²) in [5.41, 5.74) is 0.972. The molecule has 1 aliphatic heterocycles. The molecule has 5 heteroatoms. The minimum Gasteiger partial charge on any atom is -0.467 e. The van der Waals surface area contributed by atoms with Crippen LogP contribution in [-0.2, 0) is 0 Å². The summed E-state index contributed by atoms with van der Waals surface area (Å²) >= 11 is 5.49. The number of thiocarbonyl (C=S) groups is 1. The molecule has 3 heterocycles. The fraction of sp³-hybridized carbons (Fsp3) is 0.333. The highest BCUT2D eigenvalue weighted by molar-refractivity contribution is 7.80. The van der Waals surface area contributed by atoms with Gasteiger partial charge in [0.1, 0.15) is 11.8 Å². The molecule has 0 bridgehead atoms. The van der Waals surface area contributed by atoms with Gasteiger partial charge in [-0.1, -0.05) is 6.07 Å². The van der Waals surface area contributed by atoms with Gasteiger partial charge < -0.3 is 14.6 Å². The molecule has 0 saturated carbocycles. The Bertz CT molecular complexity index is 582. The summed E-state index contributed by atoms with van der Waals surface area (Å²) < 4.78 is 5.63. The highest BCUT2D eigenvalue weighted by Gasteiger charge is 2.42. The lowest BCUT2D eigenvalue weighted by Crippen LogP contribution is -2.35. The second kappa shape index (κ2) is 5.25. The first-order chi connectivity index (χ1) is 9.68. The summed E-state index contributed by atoms with van der Waals surface area (Å²) in [5, 5.41) is 4.12. The first-order valence-electron chi connectivity index (χ1n) is 6.71. The number of hydrogen-bond donors (Lipinski definition) is 1. The van der Waals surface area contributed by atoms with E-state index in [0.717, 1.165) is 16.6 Å². The molecule has 1 aliphatic rings. The SMILES string of the molecule is CC(C)N1C(=S)N[C@H](c2ccccn2)[C@H]1c1ccco1. The number of pyridine rings is 1. The van der Waals surface area contributed by atoms with Gasteiger partial charge in [0, 0.05) is 12.2 Å². The first kappa shape index (κ1) is 13.1. The van der Waals surface area contributed by atoms with Crippen molar-refractivity contribution in [2.24, 2.45) is 0 Å². The molecule has 0 spiro atoms. The minimum atomic E-state index is 0.0113. The summed E-state index contributed by atoms with van der Waals surface area (Å²) in [5.74, 6) is 0.904. The minimum absolute atomic E-state index is 0.0113. The lowest BCUT2D eigenvalue weighted by atomic mass is 10.0. The Morgan fingerprint density at radius 3 is 2.75 bits per heavy atom. The van der Waals surface area contributed by atoms with Crippen molar-refractivity contribution < 1.29 is 4.42 Å². The molecule has 2 atom stereocenters. The predicted octanol–water partition coefficient (Wildman–Crippen LogP) is 3.06. The fourth-order valence-corrected chi connectivity index (χ4v) is 3.14. The molecule has 2 aromatic heterocycles. The number of aromatic nitrogens is 1. The zero-order valence-corrected chi connectivity index (χ0v) is 12.3. The van der Waals surface area contributed by atoms with E-state index in [9.17, 15) is 0 Å². The van der Waals surface area contributed by atoms with E-state index < -0.39 is 0 Å². The molecule has 1 saturated heterocycles. The quantitative estimate of drug-likeness (QED) is 0.879. The van der Waals surface area contributed by atoms with Crippen LogP contribution in [0, 0.1) is 0 Å². The van der Waals surface area contributed by atoms with Crippen LogP contribution in [0.1, 0.15) is 37.4 Å².